The molecule has 5 aliphatic carbocycles. The van der Waals surface area contributed by atoms with E-state index in [2.05, 4.69) is 12.2 Å². The third-order valence-electron chi connectivity index (χ3n) is 7.20. The third kappa shape index (κ3) is 2.67. The lowest BCUT2D eigenvalue weighted by Crippen LogP contribution is -2.54. The van der Waals surface area contributed by atoms with Gasteiger partial charge >= 0.3 is 0 Å². The highest BCUT2D eigenvalue weighted by Crippen LogP contribution is 2.53. The van der Waals surface area contributed by atoms with Crippen LogP contribution in [0.1, 0.15) is 71.1 Å². The van der Waals surface area contributed by atoms with Gasteiger partial charge in [-0.2, -0.15) is 0 Å². The Balaban J connectivity index is 1.25. The molecule has 2 unspecified atom stereocenters. The van der Waals surface area contributed by atoms with Crippen LogP contribution >= 0.6 is 0 Å². The summed E-state index contributed by atoms with van der Waals surface area (Å²) in [6.07, 6.45) is 15.3. The summed E-state index contributed by atoms with van der Waals surface area (Å²) in [7, 11) is 0. The quantitative estimate of drug-likeness (QED) is 0.789. The van der Waals surface area contributed by atoms with Crippen molar-refractivity contribution in [1.82, 2.24) is 5.32 Å². The van der Waals surface area contributed by atoms with Crippen molar-refractivity contribution in [3.8, 4) is 0 Å². The SMILES string of the molecule is CC1CCCC(CCNC2C3CC4CC(C3)CC2C4)C1. The molecule has 5 rings (SSSR count). The molecule has 20 heavy (non-hydrogen) atoms. The third-order valence-corrected chi connectivity index (χ3v) is 7.20. The van der Waals surface area contributed by atoms with Crippen LogP contribution in [-0.4, -0.2) is 12.6 Å². The molecule has 0 radical (unpaired) electrons. The second-order valence-electron chi connectivity index (χ2n) is 8.84. The lowest BCUT2D eigenvalue weighted by atomic mass is 9.54. The molecule has 0 aromatic carbocycles. The van der Waals surface area contributed by atoms with Gasteiger partial charge in [0.15, 0.2) is 0 Å². The molecule has 0 saturated heterocycles. The average Bonchev–Trinajstić information content (AvgIpc) is 2.41. The van der Waals surface area contributed by atoms with E-state index in [9.17, 15) is 0 Å². The van der Waals surface area contributed by atoms with E-state index in [-0.39, 0.29) is 0 Å². The van der Waals surface area contributed by atoms with Gasteiger partial charge in [-0.25, -0.2) is 0 Å². The molecule has 0 spiro atoms. The van der Waals surface area contributed by atoms with Crippen LogP contribution in [0.3, 0.4) is 0 Å². The summed E-state index contributed by atoms with van der Waals surface area (Å²) in [5, 5.41) is 4.03. The molecule has 5 fully saturated rings. The number of nitrogens with one attached hydrogen (secondary N) is 1. The lowest BCUT2D eigenvalue weighted by molar-refractivity contribution is -0.0140. The van der Waals surface area contributed by atoms with Gasteiger partial charge in [0, 0.05) is 6.04 Å². The molecule has 0 aliphatic heterocycles. The van der Waals surface area contributed by atoms with E-state index < -0.39 is 0 Å². The average molecular weight is 275 g/mol. The Kier molecular flexibility index (Phi) is 3.83. The Hall–Kier alpha value is -0.0400. The Morgan fingerprint density at radius 3 is 2.20 bits per heavy atom. The molecule has 114 valence electrons. The summed E-state index contributed by atoms with van der Waals surface area (Å²) in [4.78, 5) is 0. The van der Waals surface area contributed by atoms with Gasteiger partial charge in [0.1, 0.15) is 0 Å². The van der Waals surface area contributed by atoms with Crippen molar-refractivity contribution in [1.29, 1.82) is 0 Å². The van der Waals surface area contributed by atoms with Crippen LogP contribution in [0.5, 0.6) is 0 Å². The molecular weight excluding hydrogens is 242 g/mol. The first-order valence-electron chi connectivity index (χ1n) is 9.51. The molecule has 1 nitrogen and oxygen atoms in total. The minimum absolute atomic E-state index is 0.906. The maximum Gasteiger partial charge on any atom is 0.0124 e. The topological polar surface area (TPSA) is 12.0 Å². The van der Waals surface area contributed by atoms with Crippen LogP contribution < -0.4 is 5.32 Å². The van der Waals surface area contributed by atoms with E-state index in [0.717, 1.165) is 41.5 Å². The molecule has 0 aromatic heterocycles. The first-order valence-corrected chi connectivity index (χ1v) is 9.51. The van der Waals surface area contributed by atoms with Gasteiger partial charge in [0.05, 0.1) is 0 Å². The summed E-state index contributed by atoms with van der Waals surface area (Å²) in [5.74, 6) is 6.37. The predicted molar refractivity (Wildman–Crippen MR) is 84.6 cm³/mol. The Bertz CT molecular complexity index is 309. The van der Waals surface area contributed by atoms with Gasteiger partial charge in [-0.15, -0.1) is 0 Å². The maximum atomic E-state index is 4.03. The van der Waals surface area contributed by atoms with Gasteiger partial charge in [0.2, 0.25) is 0 Å². The maximum absolute atomic E-state index is 4.03. The van der Waals surface area contributed by atoms with Crippen LogP contribution in [0.2, 0.25) is 0 Å². The summed E-state index contributed by atoms with van der Waals surface area (Å²) < 4.78 is 0. The van der Waals surface area contributed by atoms with Crippen molar-refractivity contribution in [2.24, 2.45) is 35.5 Å². The minimum atomic E-state index is 0.906. The molecule has 1 heteroatoms. The van der Waals surface area contributed by atoms with Gasteiger partial charge in [-0.1, -0.05) is 26.2 Å². The molecule has 2 atom stereocenters. The molecule has 4 bridgehead atoms. The highest BCUT2D eigenvalue weighted by atomic mass is 14.9. The van der Waals surface area contributed by atoms with Gasteiger partial charge in [-0.05, 0) is 87.0 Å². The minimum Gasteiger partial charge on any atom is -0.313 e. The number of rotatable bonds is 4. The molecule has 1 N–H and O–H groups in total. The van der Waals surface area contributed by atoms with Crippen LogP contribution in [0.15, 0.2) is 0 Å². The second-order valence-corrected chi connectivity index (χ2v) is 8.84. The second kappa shape index (κ2) is 5.63. The van der Waals surface area contributed by atoms with Gasteiger partial charge in [-0.3, -0.25) is 0 Å². The van der Waals surface area contributed by atoms with E-state index in [4.69, 9.17) is 0 Å². The Labute approximate surface area is 125 Å². The summed E-state index contributed by atoms with van der Waals surface area (Å²) in [5.41, 5.74) is 0. The smallest absolute Gasteiger partial charge is 0.0124 e. The monoisotopic (exact) mass is 275 g/mol. The van der Waals surface area contributed by atoms with Crippen LogP contribution in [0.25, 0.3) is 0 Å². The largest absolute Gasteiger partial charge is 0.313 e. The fourth-order valence-corrected chi connectivity index (χ4v) is 6.53. The highest BCUT2D eigenvalue weighted by molar-refractivity contribution is 5.01. The van der Waals surface area contributed by atoms with Gasteiger partial charge < -0.3 is 5.32 Å². The molecule has 0 amide bonds. The summed E-state index contributed by atoms with van der Waals surface area (Å²) in [6, 6.07) is 0.906. The zero-order valence-corrected chi connectivity index (χ0v) is 13.3. The van der Waals surface area contributed by atoms with Crippen molar-refractivity contribution >= 4 is 0 Å². The molecule has 0 aromatic rings. The fraction of sp³-hybridized carbons (Fsp3) is 1.00. The zero-order chi connectivity index (χ0) is 13.5. The van der Waals surface area contributed by atoms with Crippen molar-refractivity contribution < 1.29 is 0 Å². The van der Waals surface area contributed by atoms with Crippen molar-refractivity contribution in [2.45, 2.75) is 77.2 Å². The summed E-state index contributed by atoms with van der Waals surface area (Å²) in [6.45, 7) is 3.77. The Morgan fingerprint density at radius 1 is 0.850 bits per heavy atom. The first kappa shape index (κ1) is 13.6. The van der Waals surface area contributed by atoms with Crippen molar-refractivity contribution in [3.05, 3.63) is 0 Å². The lowest BCUT2D eigenvalue weighted by Gasteiger charge is -2.54. The highest BCUT2D eigenvalue weighted by Gasteiger charge is 2.47. The number of hydrogen-bond acceptors (Lipinski definition) is 1. The standard InChI is InChI=1S/C19H33N/c1-13-3-2-4-14(7-13)5-6-20-19-17-9-15-8-16(11-17)12-18(19)10-15/h13-20H,2-12H2,1H3. The Morgan fingerprint density at radius 2 is 1.55 bits per heavy atom. The molecular formula is C19H33N. The predicted octanol–water partition coefficient (Wildman–Crippen LogP) is 4.62. The molecule has 0 heterocycles. The van der Waals surface area contributed by atoms with E-state index >= 15 is 0 Å². The normalized spacial score (nSPS) is 50.5. The fourth-order valence-electron chi connectivity index (χ4n) is 6.53. The molecule has 5 saturated carbocycles. The summed E-state index contributed by atoms with van der Waals surface area (Å²) >= 11 is 0. The van der Waals surface area contributed by atoms with Crippen LogP contribution in [-0.2, 0) is 0 Å². The zero-order valence-electron chi connectivity index (χ0n) is 13.3. The van der Waals surface area contributed by atoms with Crippen molar-refractivity contribution in [2.75, 3.05) is 6.54 Å². The van der Waals surface area contributed by atoms with E-state index in [0.29, 0.717) is 0 Å². The van der Waals surface area contributed by atoms with Gasteiger partial charge in [0.25, 0.3) is 0 Å². The van der Waals surface area contributed by atoms with E-state index in [1.165, 1.54) is 38.6 Å². The van der Waals surface area contributed by atoms with E-state index in [1.54, 1.807) is 32.1 Å². The van der Waals surface area contributed by atoms with Crippen LogP contribution in [0.4, 0.5) is 0 Å². The van der Waals surface area contributed by atoms with Crippen molar-refractivity contribution in [3.63, 3.8) is 0 Å². The molecule has 5 aliphatic rings. The van der Waals surface area contributed by atoms with E-state index in [1.807, 2.05) is 0 Å². The van der Waals surface area contributed by atoms with Crippen LogP contribution in [0, 0.1) is 35.5 Å². The first-order chi connectivity index (χ1) is 9.78. The number of hydrogen-bond donors (Lipinski definition) is 1.